The molecule has 2 aromatic rings. The van der Waals surface area contributed by atoms with Gasteiger partial charge in [-0.05, 0) is 23.8 Å². The third kappa shape index (κ3) is 4.17. The largest absolute Gasteiger partial charge is 0.378 e. The van der Waals surface area contributed by atoms with Crippen LogP contribution < -0.4 is 10.2 Å². The molecule has 1 amide bonds. The van der Waals surface area contributed by atoms with E-state index in [1.165, 1.54) is 6.08 Å². The van der Waals surface area contributed by atoms with Crippen molar-refractivity contribution in [1.29, 1.82) is 0 Å². The molecule has 0 atom stereocenters. The maximum absolute atomic E-state index is 12.2. The van der Waals surface area contributed by atoms with Gasteiger partial charge in [0.1, 0.15) is 0 Å². The first-order valence-electron chi connectivity index (χ1n) is 7.65. The van der Waals surface area contributed by atoms with Crippen LogP contribution >= 0.6 is 0 Å². The normalized spacial score (nSPS) is 14.9. The van der Waals surface area contributed by atoms with Gasteiger partial charge in [-0.2, -0.15) is 0 Å². The number of amides is 1. The molecular formula is C18H19N3O2. The molecular weight excluding hydrogens is 290 g/mol. The second-order valence-electron chi connectivity index (χ2n) is 5.21. The fourth-order valence-electron chi connectivity index (χ4n) is 2.43. The smallest absolute Gasteiger partial charge is 0.248 e. The summed E-state index contributed by atoms with van der Waals surface area (Å²) in [5.41, 5.74) is 1.71. The van der Waals surface area contributed by atoms with Gasteiger partial charge in [-0.3, -0.25) is 4.79 Å². The van der Waals surface area contributed by atoms with E-state index in [-0.39, 0.29) is 5.91 Å². The lowest BCUT2D eigenvalue weighted by Crippen LogP contribution is -2.37. The number of hydrogen-bond donors (Lipinski definition) is 1. The molecule has 3 rings (SSSR count). The number of benzene rings is 1. The molecule has 1 aliphatic heterocycles. The van der Waals surface area contributed by atoms with Crippen LogP contribution in [0.5, 0.6) is 0 Å². The molecule has 0 spiro atoms. The Balaban J connectivity index is 1.70. The number of nitrogens with zero attached hydrogens (tertiary/aromatic N) is 2. The summed E-state index contributed by atoms with van der Waals surface area (Å²) < 4.78 is 5.36. The van der Waals surface area contributed by atoms with Crippen LogP contribution in [0.15, 0.2) is 54.7 Å². The van der Waals surface area contributed by atoms with Crippen LogP contribution in [0.1, 0.15) is 5.56 Å². The first-order valence-corrected chi connectivity index (χ1v) is 7.65. The fourth-order valence-corrected chi connectivity index (χ4v) is 2.43. The standard InChI is InChI=1S/C18H19N3O2/c22-17(9-8-15-5-2-1-3-6-15)20-16-7-4-10-19-18(16)21-11-13-23-14-12-21/h1-10H,11-14H2,(H,20,22)/b9-8+. The number of carbonyl (C=O) groups excluding carboxylic acids is 1. The van der Waals surface area contributed by atoms with Crippen molar-refractivity contribution in [3.8, 4) is 0 Å². The Labute approximate surface area is 135 Å². The number of nitrogens with one attached hydrogen (secondary N) is 1. The summed E-state index contributed by atoms with van der Waals surface area (Å²) in [6.07, 6.45) is 5.06. The minimum Gasteiger partial charge on any atom is -0.378 e. The molecule has 1 fully saturated rings. The minimum atomic E-state index is -0.170. The van der Waals surface area contributed by atoms with Crippen molar-refractivity contribution >= 4 is 23.5 Å². The van der Waals surface area contributed by atoms with E-state index in [4.69, 9.17) is 4.74 Å². The molecule has 1 aromatic carbocycles. The van der Waals surface area contributed by atoms with Crippen molar-refractivity contribution in [2.45, 2.75) is 0 Å². The lowest BCUT2D eigenvalue weighted by Gasteiger charge is -2.29. The van der Waals surface area contributed by atoms with Crippen molar-refractivity contribution < 1.29 is 9.53 Å². The highest BCUT2D eigenvalue weighted by atomic mass is 16.5. The van der Waals surface area contributed by atoms with E-state index < -0.39 is 0 Å². The van der Waals surface area contributed by atoms with Crippen LogP contribution in [-0.2, 0) is 9.53 Å². The van der Waals surface area contributed by atoms with Crippen molar-refractivity contribution in [2.24, 2.45) is 0 Å². The van der Waals surface area contributed by atoms with Gasteiger partial charge >= 0.3 is 0 Å². The molecule has 0 saturated carbocycles. The van der Waals surface area contributed by atoms with Gasteiger partial charge in [-0.25, -0.2) is 4.98 Å². The number of morpholine rings is 1. The van der Waals surface area contributed by atoms with E-state index in [0.717, 1.165) is 30.2 Å². The summed E-state index contributed by atoms with van der Waals surface area (Å²) in [5.74, 6) is 0.619. The highest BCUT2D eigenvalue weighted by Crippen LogP contribution is 2.23. The van der Waals surface area contributed by atoms with Crippen LogP contribution in [-0.4, -0.2) is 37.2 Å². The first-order chi connectivity index (χ1) is 11.3. The summed E-state index contributed by atoms with van der Waals surface area (Å²) >= 11 is 0. The van der Waals surface area contributed by atoms with Crippen LogP contribution in [0.25, 0.3) is 6.08 Å². The number of anilines is 2. The van der Waals surface area contributed by atoms with Gasteiger partial charge in [0.25, 0.3) is 0 Å². The predicted octanol–water partition coefficient (Wildman–Crippen LogP) is 2.57. The third-order valence-corrected chi connectivity index (χ3v) is 3.58. The van der Waals surface area contributed by atoms with E-state index in [1.807, 2.05) is 42.5 Å². The second-order valence-corrected chi connectivity index (χ2v) is 5.21. The maximum Gasteiger partial charge on any atom is 0.248 e. The highest BCUT2D eigenvalue weighted by Gasteiger charge is 2.16. The van der Waals surface area contributed by atoms with Crippen LogP contribution in [0.4, 0.5) is 11.5 Å². The summed E-state index contributed by atoms with van der Waals surface area (Å²) in [6.45, 7) is 2.91. The SMILES string of the molecule is O=C(/C=C/c1ccccc1)Nc1cccnc1N1CCOCC1. The van der Waals surface area contributed by atoms with Gasteiger partial charge in [-0.15, -0.1) is 0 Å². The summed E-state index contributed by atoms with van der Waals surface area (Å²) in [6, 6.07) is 13.4. The van der Waals surface area contributed by atoms with Gasteiger partial charge in [0.2, 0.25) is 5.91 Å². The Kier molecular flexibility index (Phi) is 5.01. The Morgan fingerprint density at radius 1 is 1.13 bits per heavy atom. The molecule has 1 aromatic heterocycles. The fraction of sp³-hybridized carbons (Fsp3) is 0.222. The zero-order chi connectivity index (χ0) is 15.9. The average Bonchev–Trinajstić information content (AvgIpc) is 2.62. The Hall–Kier alpha value is -2.66. The van der Waals surface area contributed by atoms with Gasteiger partial charge < -0.3 is 15.0 Å². The Morgan fingerprint density at radius 2 is 1.91 bits per heavy atom. The van der Waals surface area contributed by atoms with E-state index in [9.17, 15) is 4.79 Å². The van der Waals surface area contributed by atoms with Crippen molar-refractivity contribution in [1.82, 2.24) is 4.98 Å². The van der Waals surface area contributed by atoms with Crippen molar-refractivity contribution in [2.75, 3.05) is 36.5 Å². The van der Waals surface area contributed by atoms with E-state index in [0.29, 0.717) is 13.2 Å². The maximum atomic E-state index is 12.2. The Morgan fingerprint density at radius 3 is 2.70 bits per heavy atom. The summed E-state index contributed by atoms with van der Waals surface area (Å²) in [4.78, 5) is 18.7. The van der Waals surface area contributed by atoms with Crippen molar-refractivity contribution in [3.63, 3.8) is 0 Å². The highest BCUT2D eigenvalue weighted by molar-refractivity contribution is 6.03. The Bertz CT molecular complexity index is 680. The lowest BCUT2D eigenvalue weighted by molar-refractivity contribution is -0.111. The van der Waals surface area contributed by atoms with Gasteiger partial charge in [0.15, 0.2) is 5.82 Å². The lowest BCUT2D eigenvalue weighted by atomic mass is 10.2. The summed E-state index contributed by atoms with van der Waals surface area (Å²) in [7, 11) is 0. The number of hydrogen-bond acceptors (Lipinski definition) is 4. The van der Waals surface area contributed by atoms with E-state index in [1.54, 1.807) is 12.3 Å². The first kappa shape index (κ1) is 15.2. The molecule has 23 heavy (non-hydrogen) atoms. The number of aromatic nitrogens is 1. The number of pyridine rings is 1. The average molecular weight is 309 g/mol. The van der Waals surface area contributed by atoms with Crippen molar-refractivity contribution in [3.05, 3.63) is 60.3 Å². The minimum absolute atomic E-state index is 0.170. The number of ether oxygens (including phenoxy) is 1. The third-order valence-electron chi connectivity index (χ3n) is 3.58. The molecule has 0 unspecified atom stereocenters. The topological polar surface area (TPSA) is 54.5 Å². The molecule has 2 heterocycles. The van der Waals surface area contributed by atoms with Gasteiger partial charge in [0.05, 0.1) is 18.9 Å². The molecule has 0 aliphatic carbocycles. The van der Waals surface area contributed by atoms with E-state index >= 15 is 0 Å². The van der Waals surface area contributed by atoms with Gasteiger partial charge in [-0.1, -0.05) is 30.3 Å². The molecule has 118 valence electrons. The molecule has 1 aliphatic rings. The quantitative estimate of drug-likeness (QED) is 0.882. The monoisotopic (exact) mass is 309 g/mol. The van der Waals surface area contributed by atoms with E-state index in [2.05, 4.69) is 15.2 Å². The summed E-state index contributed by atoms with van der Waals surface area (Å²) in [5, 5.41) is 2.91. The molecule has 5 heteroatoms. The van der Waals surface area contributed by atoms with Crippen LogP contribution in [0, 0.1) is 0 Å². The zero-order valence-corrected chi connectivity index (χ0v) is 12.8. The molecule has 5 nitrogen and oxygen atoms in total. The number of carbonyl (C=O) groups is 1. The second kappa shape index (κ2) is 7.56. The molecule has 0 radical (unpaired) electrons. The molecule has 0 bridgehead atoms. The predicted molar refractivity (Wildman–Crippen MR) is 91.4 cm³/mol. The van der Waals surface area contributed by atoms with Gasteiger partial charge in [0, 0.05) is 25.4 Å². The molecule has 1 N–H and O–H groups in total. The zero-order valence-electron chi connectivity index (χ0n) is 12.8. The number of rotatable bonds is 4. The van der Waals surface area contributed by atoms with Crippen LogP contribution in [0.3, 0.4) is 0 Å². The molecule has 1 saturated heterocycles. The van der Waals surface area contributed by atoms with Crippen LogP contribution in [0.2, 0.25) is 0 Å².